The van der Waals surface area contributed by atoms with Gasteiger partial charge in [-0.25, -0.2) is 4.98 Å². The van der Waals surface area contributed by atoms with E-state index >= 15 is 0 Å². The second kappa shape index (κ2) is 11.4. The number of hydrogen-bond acceptors (Lipinski definition) is 4. The largest absolute Gasteiger partial charge is 0.507 e. The number of aromatic hydroxyl groups is 1. The Morgan fingerprint density at radius 3 is 2.31 bits per heavy atom. The molecule has 39 heavy (non-hydrogen) atoms. The van der Waals surface area contributed by atoms with Crippen molar-refractivity contribution in [3.8, 4) is 39.6 Å². The standard InChI is InChI=1S/C34H27N2O2.Pt/c1-22(2)26-20-29(33-32(21-26)38-34(36-33)28-15-6-7-17-31(28)37)24-12-8-13-25(19-24)30-16-9-14-27(35-30)18-23-10-4-3-5-11-23;/h3-17,20-22,37H,18H2,1-2H3;/q-1;. The Morgan fingerprint density at radius 1 is 0.769 bits per heavy atom. The van der Waals surface area contributed by atoms with Crippen LogP contribution in [0.25, 0.3) is 44.9 Å². The molecule has 196 valence electrons. The predicted molar refractivity (Wildman–Crippen MR) is 152 cm³/mol. The Labute approximate surface area is 242 Å². The first-order valence-electron chi connectivity index (χ1n) is 12.8. The van der Waals surface area contributed by atoms with Crippen molar-refractivity contribution in [3.63, 3.8) is 0 Å². The molecular formula is C34H27N2O2Pt-. The van der Waals surface area contributed by atoms with Crippen LogP contribution < -0.4 is 0 Å². The van der Waals surface area contributed by atoms with E-state index in [1.165, 1.54) is 5.56 Å². The van der Waals surface area contributed by atoms with Crippen LogP contribution in [0.1, 0.15) is 36.6 Å². The van der Waals surface area contributed by atoms with Crippen LogP contribution in [0.5, 0.6) is 5.75 Å². The first kappa shape index (κ1) is 26.6. The number of aromatic nitrogens is 2. The van der Waals surface area contributed by atoms with Gasteiger partial charge < -0.3 is 9.52 Å². The monoisotopic (exact) mass is 690 g/mol. The zero-order valence-corrected chi connectivity index (χ0v) is 23.9. The smallest absolute Gasteiger partial charge is 0.230 e. The molecule has 0 amide bonds. The molecule has 0 saturated heterocycles. The first-order valence-corrected chi connectivity index (χ1v) is 12.8. The summed E-state index contributed by atoms with van der Waals surface area (Å²) in [4.78, 5) is 9.76. The van der Waals surface area contributed by atoms with E-state index in [9.17, 15) is 5.11 Å². The van der Waals surface area contributed by atoms with Gasteiger partial charge in [0, 0.05) is 38.9 Å². The molecule has 0 saturated carbocycles. The van der Waals surface area contributed by atoms with E-state index in [-0.39, 0.29) is 26.8 Å². The Kier molecular flexibility index (Phi) is 7.76. The van der Waals surface area contributed by atoms with E-state index in [2.05, 4.69) is 62.4 Å². The van der Waals surface area contributed by atoms with Crippen LogP contribution >= 0.6 is 0 Å². The van der Waals surface area contributed by atoms with Gasteiger partial charge in [-0.1, -0.05) is 85.6 Å². The molecule has 5 heteroatoms. The molecule has 0 spiro atoms. The molecule has 0 radical (unpaired) electrons. The van der Waals surface area contributed by atoms with Crippen LogP contribution in [0.15, 0.2) is 108 Å². The van der Waals surface area contributed by atoms with Crippen LogP contribution in [0.4, 0.5) is 0 Å². The Hall–Kier alpha value is -4.01. The maximum atomic E-state index is 10.4. The van der Waals surface area contributed by atoms with Crippen LogP contribution in [-0.2, 0) is 27.5 Å². The van der Waals surface area contributed by atoms with E-state index in [1.807, 2.05) is 48.5 Å². The van der Waals surface area contributed by atoms with Gasteiger partial charge in [-0.05, 0) is 41.3 Å². The second-order valence-electron chi connectivity index (χ2n) is 9.76. The van der Waals surface area contributed by atoms with E-state index in [0.29, 0.717) is 23.0 Å². The molecular weight excluding hydrogens is 663 g/mol. The summed E-state index contributed by atoms with van der Waals surface area (Å²) in [5.74, 6) is 0.836. The molecule has 6 rings (SSSR count). The molecule has 6 aromatic rings. The summed E-state index contributed by atoms with van der Waals surface area (Å²) in [6.45, 7) is 4.32. The number of benzene rings is 4. The SMILES string of the molecule is CC(C)c1cc(-c2[c-]c(-c3cccc(Cc4ccccc4)n3)ccc2)c2nc(-c3ccccc3O)oc2c1.[Pt]. The molecule has 0 aliphatic rings. The van der Waals surface area contributed by atoms with Gasteiger partial charge >= 0.3 is 0 Å². The fraction of sp³-hybridized carbons (Fsp3) is 0.118. The van der Waals surface area contributed by atoms with Crippen molar-refractivity contribution in [3.05, 3.63) is 126 Å². The van der Waals surface area contributed by atoms with Gasteiger partial charge in [0.05, 0.1) is 11.1 Å². The Morgan fingerprint density at radius 2 is 1.51 bits per heavy atom. The molecule has 0 bridgehead atoms. The number of rotatable bonds is 6. The maximum Gasteiger partial charge on any atom is 0.230 e. The van der Waals surface area contributed by atoms with Gasteiger partial charge in [0.25, 0.3) is 0 Å². The summed E-state index contributed by atoms with van der Waals surface area (Å²) in [6.07, 6.45) is 0.777. The zero-order valence-electron chi connectivity index (χ0n) is 21.7. The topological polar surface area (TPSA) is 59.2 Å². The maximum absolute atomic E-state index is 10.4. The summed E-state index contributed by atoms with van der Waals surface area (Å²) in [5, 5.41) is 10.4. The molecule has 1 N–H and O–H groups in total. The first-order chi connectivity index (χ1) is 18.5. The van der Waals surface area contributed by atoms with Gasteiger partial charge in [-0.15, -0.1) is 29.8 Å². The number of fused-ring (bicyclic) bond motifs is 1. The Balaban J connectivity index is 0.00000308. The molecule has 0 fully saturated rings. The van der Waals surface area contributed by atoms with Gasteiger partial charge in [0.1, 0.15) is 11.3 Å². The summed E-state index contributed by atoms with van der Waals surface area (Å²) in [6, 6.07) is 37.5. The summed E-state index contributed by atoms with van der Waals surface area (Å²) in [7, 11) is 0. The second-order valence-corrected chi connectivity index (χ2v) is 9.76. The molecule has 0 atom stereocenters. The van der Waals surface area contributed by atoms with Crippen molar-refractivity contribution in [2.24, 2.45) is 0 Å². The van der Waals surface area contributed by atoms with E-state index in [0.717, 1.165) is 45.6 Å². The number of nitrogens with zero attached hydrogens (tertiary/aromatic N) is 2. The average Bonchev–Trinajstić information content (AvgIpc) is 3.37. The van der Waals surface area contributed by atoms with E-state index < -0.39 is 0 Å². The number of para-hydroxylation sites is 1. The minimum atomic E-state index is 0. The van der Waals surface area contributed by atoms with E-state index in [1.54, 1.807) is 12.1 Å². The zero-order chi connectivity index (χ0) is 26.1. The number of phenols is 1. The van der Waals surface area contributed by atoms with Crippen molar-refractivity contribution in [2.75, 3.05) is 0 Å². The predicted octanol–water partition coefficient (Wildman–Crippen LogP) is 8.44. The normalized spacial score (nSPS) is 11.1. The average molecular weight is 691 g/mol. The van der Waals surface area contributed by atoms with Crippen LogP contribution in [0, 0.1) is 6.07 Å². The molecule has 0 unspecified atom stereocenters. The van der Waals surface area contributed by atoms with Crippen molar-refractivity contribution in [2.45, 2.75) is 26.2 Å². The third-order valence-electron chi connectivity index (χ3n) is 6.71. The Bertz CT molecular complexity index is 1740. The van der Waals surface area contributed by atoms with Crippen molar-refractivity contribution in [1.29, 1.82) is 0 Å². The number of phenolic OH excluding ortho intramolecular Hbond substituents is 1. The van der Waals surface area contributed by atoms with Crippen molar-refractivity contribution >= 4 is 11.1 Å². The third kappa shape index (κ3) is 5.57. The molecule has 2 heterocycles. The fourth-order valence-electron chi connectivity index (χ4n) is 4.67. The van der Waals surface area contributed by atoms with Gasteiger partial charge in [0.15, 0.2) is 0 Å². The third-order valence-corrected chi connectivity index (χ3v) is 6.71. The van der Waals surface area contributed by atoms with Crippen LogP contribution in [0.3, 0.4) is 0 Å². The number of oxazole rings is 1. The molecule has 2 aromatic heterocycles. The summed E-state index contributed by atoms with van der Waals surface area (Å²) in [5.41, 5.74) is 9.05. The molecule has 0 aliphatic heterocycles. The van der Waals surface area contributed by atoms with Crippen LogP contribution in [-0.4, -0.2) is 15.1 Å². The number of pyridine rings is 1. The van der Waals surface area contributed by atoms with Crippen molar-refractivity contribution < 1.29 is 30.6 Å². The number of hydrogen-bond donors (Lipinski definition) is 1. The van der Waals surface area contributed by atoms with Gasteiger partial charge in [-0.2, -0.15) is 0 Å². The summed E-state index contributed by atoms with van der Waals surface area (Å²) < 4.78 is 6.18. The van der Waals surface area contributed by atoms with Gasteiger partial charge in [-0.3, -0.25) is 4.98 Å². The minimum Gasteiger partial charge on any atom is -0.507 e. The molecule has 4 nitrogen and oxygen atoms in total. The minimum absolute atomic E-state index is 0. The fourth-order valence-corrected chi connectivity index (χ4v) is 4.67. The molecule has 4 aromatic carbocycles. The van der Waals surface area contributed by atoms with Crippen molar-refractivity contribution in [1.82, 2.24) is 9.97 Å². The molecule has 0 aliphatic carbocycles. The van der Waals surface area contributed by atoms with E-state index in [4.69, 9.17) is 14.4 Å². The van der Waals surface area contributed by atoms with Crippen LogP contribution in [0.2, 0.25) is 0 Å². The quantitative estimate of drug-likeness (QED) is 0.178. The summed E-state index contributed by atoms with van der Waals surface area (Å²) >= 11 is 0. The van der Waals surface area contributed by atoms with Gasteiger partial charge in [0.2, 0.25) is 5.89 Å².